The molecule has 5 nitrogen and oxygen atoms in total. The second-order valence-corrected chi connectivity index (χ2v) is 4.60. The van der Waals surface area contributed by atoms with E-state index in [0.717, 1.165) is 0 Å². The van der Waals surface area contributed by atoms with Gasteiger partial charge in [-0.1, -0.05) is 0 Å². The molecule has 0 radical (unpaired) electrons. The van der Waals surface area contributed by atoms with Gasteiger partial charge in [0.1, 0.15) is 0 Å². The summed E-state index contributed by atoms with van der Waals surface area (Å²) in [5.74, 6) is 0. The van der Waals surface area contributed by atoms with Gasteiger partial charge in [-0.15, -0.1) is 0 Å². The molecule has 0 bridgehead atoms. The van der Waals surface area contributed by atoms with Gasteiger partial charge in [-0.3, -0.25) is 0 Å². The van der Waals surface area contributed by atoms with E-state index < -0.39 is 7.74 Å². The number of hydrogen-bond acceptors (Lipinski definition) is 5. The van der Waals surface area contributed by atoms with Crippen molar-refractivity contribution in [2.45, 2.75) is 0 Å². The molecule has 62 valence electrons. The van der Waals surface area contributed by atoms with Crippen molar-refractivity contribution in [3.8, 4) is 0 Å². The first-order chi connectivity index (χ1) is 4.63. The predicted octanol–water partition coefficient (Wildman–Crippen LogP) is 0.447. The molecule has 1 heterocycles. The molecule has 10 heavy (non-hydrogen) atoms. The Labute approximate surface area is 59.2 Å². The minimum atomic E-state index is -4.04. The normalized spacial score (nSPS) is 32.9. The summed E-state index contributed by atoms with van der Waals surface area (Å²) in [5, 5.41) is 0. The van der Waals surface area contributed by atoms with Gasteiger partial charge in [-0.2, -0.15) is 0 Å². The van der Waals surface area contributed by atoms with E-state index in [1.54, 1.807) is 0 Å². The number of rotatable bonds is 2. The van der Waals surface area contributed by atoms with Crippen molar-refractivity contribution in [3.63, 3.8) is 0 Å². The van der Waals surface area contributed by atoms with Gasteiger partial charge in [0.05, 0.1) is 0 Å². The average molecular weight is 170 g/mol. The van der Waals surface area contributed by atoms with Crippen molar-refractivity contribution in [3.05, 3.63) is 0 Å². The Balaban J connectivity index is 2.74. The molecule has 0 amide bonds. The van der Waals surface area contributed by atoms with Crippen LogP contribution in [0, 0.1) is 0 Å². The fraction of sp³-hybridized carbons (Fsp3) is 1.00. The molecule has 0 aromatic heterocycles. The van der Waals surface area contributed by atoms with Crippen LogP contribution < -0.4 is 0 Å². The fourth-order valence-corrected chi connectivity index (χ4v) is 2.11. The van der Waals surface area contributed by atoms with E-state index in [2.05, 4.69) is 9.05 Å². The molecule has 1 rings (SSSR count). The van der Waals surface area contributed by atoms with Crippen molar-refractivity contribution in [1.82, 2.24) is 0 Å². The molecule has 0 aromatic carbocycles. The van der Waals surface area contributed by atoms with Crippen molar-refractivity contribution in [1.29, 1.82) is 0 Å². The van der Waals surface area contributed by atoms with Gasteiger partial charge in [-0.25, -0.2) is 0 Å². The summed E-state index contributed by atoms with van der Waals surface area (Å²) in [4.78, 5) is 9.51. The van der Waals surface area contributed by atoms with Crippen LogP contribution in [0.1, 0.15) is 0 Å². The van der Waals surface area contributed by atoms with Gasteiger partial charge >= 0.3 is 58.2 Å². The average Bonchev–Trinajstić information content (AvgIpc) is 2.36. The summed E-state index contributed by atoms with van der Waals surface area (Å²) >= 11 is 0. The summed E-state index contributed by atoms with van der Waals surface area (Å²) in [5.41, 5.74) is 0. The van der Waals surface area contributed by atoms with Crippen LogP contribution in [0.15, 0.2) is 0 Å². The standard InChI is InChI=1S/C4H11O5P/c1-6-10(5,7-2)8-3-4-9-10/h5H,3-4H2,1-2H3. The van der Waals surface area contributed by atoms with E-state index in [4.69, 9.17) is 9.05 Å². The minimum absolute atomic E-state index is 0.302. The number of hydrogen-bond donors (Lipinski definition) is 1. The van der Waals surface area contributed by atoms with Crippen molar-refractivity contribution >= 4 is 7.74 Å². The van der Waals surface area contributed by atoms with E-state index in [9.17, 15) is 4.89 Å². The SMILES string of the molecule is COP1(O)(OC)OCCO1. The molecule has 1 fully saturated rings. The first-order valence-corrected chi connectivity index (χ1v) is 4.68. The molecule has 1 N–H and O–H groups in total. The molecule has 0 unspecified atom stereocenters. The molecular weight excluding hydrogens is 159 g/mol. The van der Waals surface area contributed by atoms with Crippen LogP contribution in [0.4, 0.5) is 0 Å². The molecule has 0 spiro atoms. The molecule has 0 saturated carbocycles. The molecular formula is C4H11O5P. The van der Waals surface area contributed by atoms with Gasteiger partial charge in [-0.05, 0) is 0 Å². The first-order valence-electron chi connectivity index (χ1n) is 2.82. The molecule has 6 heteroatoms. The van der Waals surface area contributed by atoms with E-state index in [0.29, 0.717) is 13.2 Å². The zero-order chi connectivity index (χ0) is 7.69. The molecule has 0 atom stereocenters. The molecule has 1 aliphatic rings. The van der Waals surface area contributed by atoms with Gasteiger partial charge in [0.2, 0.25) is 0 Å². The third-order valence-corrected chi connectivity index (χ3v) is 3.76. The third-order valence-electron chi connectivity index (χ3n) is 1.31. The molecule has 1 saturated heterocycles. The Kier molecular flexibility index (Phi) is 1.98. The zero-order valence-electron chi connectivity index (χ0n) is 5.94. The summed E-state index contributed by atoms with van der Waals surface area (Å²) in [6.45, 7) is 0.603. The van der Waals surface area contributed by atoms with Crippen LogP contribution in [-0.4, -0.2) is 32.3 Å². The maximum atomic E-state index is 9.51. The Morgan fingerprint density at radius 3 is 1.80 bits per heavy atom. The van der Waals surface area contributed by atoms with E-state index in [-0.39, 0.29) is 0 Å². The van der Waals surface area contributed by atoms with Gasteiger partial charge in [0.15, 0.2) is 0 Å². The van der Waals surface area contributed by atoms with E-state index in [1.165, 1.54) is 14.2 Å². The third kappa shape index (κ3) is 1.16. The van der Waals surface area contributed by atoms with Crippen molar-refractivity contribution < 1.29 is 23.0 Å². The zero-order valence-corrected chi connectivity index (χ0v) is 6.84. The van der Waals surface area contributed by atoms with Crippen LogP contribution in [0.2, 0.25) is 0 Å². The fourth-order valence-electron chi connectivity index (χ4n) is 0.702. The second-order valence-electron chi connectivity index (χ2n) is 1.81. The Morgan fingerprint density at radius 2 is 1.60 bits per heavy atom. The van der Waals surface area contributed by atoms with Gasteiger partial charge in [0.25, 0.3) is 0 Å². The summed E-state index contributed by atoms with van der Waals surface area (Å²) in [7, 11) is -1.47. The Hall–Kier alpha value is 0.230. The van der Waals surface area contributed by atoms with Crippen LogP contribution in [-0.2, 0) is 18.1 Å². The van der Waals surface area contributed by atoms with Crippen LogP contribution in [0.5, 0.6) is 0 Å². The topological polar surface area (TPSA) is 57.2 Å². The summed E-state index contributed by atoms with van der Waals surface area (Å²) < 4.78 is 19.0. The van der Waals surface area contributed by atoms with Crippen LogP contribution in [0.3, 0.4) is 0 Å². The van der Waals surface area contributed by atoms with Gasteiger partial charge in [0, 0.05) is 0 Å². The Morgan fingerprint density at radius 1 is 1.20 bits per heavy atom. The molecule has 0 aliphatic carbocycles. The van der Waals surface area contributed by atoms with E-state index >= 15 is 0 Å². The Bertz CT molecular complexity index is 124. The predicted molar refractivity (Wildman–Crippen MR) is 35.1 cm³/mol. The van der Waals surface area contributed by atoms with Crippen molar-refractivity contribution in [2.75, 3.05) is 27.4 Å². The summed E-state index contributed by atoms with van der Waals surface area (Å²) in [6, 6.07) is 0. The second kappa shape index (κ2) is 2.37. The van der Waals surface area contributed by atoms with Crippen LogP contribution >= 0.6 is 7.74 Å². The molecule has 0 aromatic rings. The van der Waals surface area contributed by atoms with Crippen LogP contribution in [0.25, 0.3) is 0 Å². The molecule has 1 aliphatic heterocycles. The summed E-state index contributed by atoms with van der Waals surface area (Å²) in [6.07, 6.45) is 0. The maximum absolute atomic E-state index is 9.51. The quantitative estimate of drug-likeness (QED) is 0.609. The monoisotopic (exact) mass is 170 g/mol. The first kappa shape index (κ1) is 8.33. The van der Waals surface area contributed by atoms with Gasteiger partial charge < -0.3 is 0 Å². The van der Waals surface area contributed by atoms with E-state index in [1.807, 2.05) is 0 Å². The van der Waals surface area contributed by atoms with Crippen molar-refractivity contribution in [2.24, 2.45) is 0 Å².